The van der Waals surface area contributed by atoms with Gasteiger partial charge in [0.15, 0.2) is 11.3 Å². The van der Waals surface area contributed by atoms with Gasteiger partial charge in [-0.3, -0.25) is 4.57 Å². The van der Waals surface area contributed by atoms with Crippen LogP contribution in [0.3, 0.4) is 0 Å². The Balaban J connectivity index is 0.00000208. The van der Waals surface area contributed by atoms with Crippen molar-refractivity contribution < 1.29 is 33.8 Å². The number of hydrogen-bond donors (Lipinski definition) is 4. The second-order valence-electron chi connectivity index (χ2n) is 4.80. The van der Waals surface area contributed by atoms with Crippen molar-refractivity contribution in [3.05, 3.63) is 12.7 Å². The minimum atomic E-state index is -4.33. The van der Waals surface area contributed by atoms with E-state index in [1.807, 2.05) is 0 Å². The molecule has 1 fully saturated rings. The number of nitrogens with zero attached hydrogens (tertiary/aromatic N) is 4. The van der Waals surface area contributed by atoms with E-state index in [4.69, 9.17) is 29.8 Å². The van der Waals surface area contributed by atoms with Crippen LogP contribution in [0, 0.1) is 0 Å². The molecule has 1 saturated heterocycles. The molecular formula is C10H15N5NaO7P. The zero-order valence-corrected chi connectivity index (χ0v) is 12.5. The molecule has 3 rings (SSSR count). The number of aromatic nitrogens is 4. The molecule has 1 unspecified atom stereocenters. The summed E-state index contributed by atoms with van der Waals surface area (Å²) in [6.07, 6.45) is -1.60. The van der Waals surface area contributed by atoms with Gasteiger partial charge in [0.1, 0.15) is 31.2 Å². The van der Waals surface area contributed by atoms with E-state index in [0.717, 1.165) is 4.73 Å². The third kappa shape index (κ3) is 4.23. The Bertz CT molecular complexity index is 754. The molecular weight excluding hydrogens is 356 g/mol. The Kier molecular flexibility index (Phi) is 6.18. The molecule has 1 aliphatic heterocycles. The second-order valence-corrected chi connectivity index (χ2v) is 6.39. The van der Waals surface area contributed by atoms with Gasteiger partial charge >= 0.3 is 37.2 Å². The molecule has 12 nitrogen and oxygen atoms in total. The number of imidazole rings is 1. The summed E-state index contributed by atoms with van der Waals surface area (Å²) in [5.41, 5.74) is 6.26. The van der Waals surface area contributed by atoms with Gasteiger partial charge < -0.3 is 34.9 Å². The van der Waals surface area contributed by atoms with Crippen LogP contribution >= 0.6 is 7.60 Å². The third-order valence-corrected chi connectivity index (χ3v) is 3.58. The number of fused-ring (bicyclic) bond motifs is 1. The molecule has 14 heteroatoms. The monoisotopic (exact) mass is 371 g/mol. The molecule has 2 aromatic heterocycles. The molecule has 2 aromatic rings. The van der Waals surface area contributed by atoms with Crippen molar-refractivity contribution >= 4 is 54.1 Å². The summed E-state index contributed by atoms with van der Waals surface area (Å²) in [4.78, 5) is 34.7. The Morgan fingerprint density at radius 2 is 2.17 bits per heavy atom. The fraction of sp³-hybridized carbons (Fsp3) is 0.500. The van der Waals surface area contributed by atoms with E-state index in [0.29, 0.717) is 5.52 Å². The Hall–Kier alpha value is -0.820. The van der Waals surface area contributed by atoms with Gasteiger partial charge in [0.25, 0.3) is 6.29 Å². The number of nitrogen functional groups attached to an aromatic ring is 1. The summed E-state index contributed by atoms with van der Waals surface area (Å²) in [7, 11) is -4.33. The molecule has 0 spiro atoms. The average Bonchev–Trinajstić information content (AvgIpc) is 3.03. The van der Waals surface area contributed by atoms with Crippen molar-refractivity contribution in [1.29, 1.82) is 0 Å². The van der Waals surface area contributed by atoms with Crippen molar-refractivity contribution in [1.82, 2.24) is 19.7 Å². The van der Waals surface area contributed by atoms with Crippen LogP contribution in [0.1, 0.15) is 0 Å². The van der Waals surface area contributed by atoms with Crippen LogP contribution in [0.2, 0.25) is 0 Å². The van der Waals surface area contributed by atoms with E-state index in [-0.39, 0.29) is 47.6 Å². The number of hydrogen-bond acceptors (Lipinski definition) is 9. The average molecular weight is 371 g/mol. The Morgan fingerprint density at radius 3 is 2.88 bits per heavy atom. The molecule has 0 aliphatic carbocycles. The van der Waals surface area contributed by atoms with Gasteiger partial charge in [-0.05, 0) is 0 Å². The van der Waals surface area contributed by atoms with Gasteiger partial charge in [-0.15, -0.1) is 4.73 Å². The predicted molar refractivity (Wildman–Crippen MR) is 81.0 cm³/mol. The van der Waals surface area contributed by atoms with Crippen LogP contribution in [0.25, 0.3) is 11.2 Å². The van der Waals surface area contributed by atoms with E-state index in [1.54, 1.807) is 0 Å². The molecule has 0 radical (unpaired) electrons. The third-order valence-electron chi connectivity index (χ3n) is 3.09. The molecule has 0 saturated carbocycles. The molecule has 5 N–H and O–H groups in total. The summed E-state index contributed by atoms with van der Waals surface area (Å²) in [5, 5.41) is 10.1. The van der Waals surface area contributed by atoms with E-state index in [2.05, 4.69) is 15.0 Å². The number of aliphatic hydroxyl groups is 1. The molecule has 24 heavy (non-hydrogen) atoms. The van der Waals surface area contributed by atoms with Gasteiger partial charge in [0.05, 0.1) is 6.61 Å². The van der Waals surface area contributed by atoms with Gasteiger partial charge in [0, 0.05) is 0 Å². The van der Waals surface area contributed by atoms with Crippen LogP contribution in [-0.4, -0.2) is 95.6 Å². The van der Waals surface area contributed by atoms with Crippen LogP contribution in [0.15, 0.2) is 12.7 Å². The first-order valence-electron chi connectivity index (χ1n) is 6.41. The number of ether oxygens (including phenoxy) is 2. The van der Waals surface area contributed by atoms with Crippen molar-refractivity contribution in [2.75, 3.05) is 18.7 Å². The molecule has 0 bridgehead atoms. The van der Waals surface area contributed by atoms with Gasteiger partial charge in [0.2, 0.25) is 5.65 Å². The Morgan fingerprint density at radius 1 is 1.42 bits per heavy atom. The fourth-order valence-corrected chi connectivity index (χ4v) is 2.40. The zero-order chi connectivity index (χ0) is 16.6. The Labute approximate surface area is 157 Å². The van der Waals surface area contributed by atoms with Gasteiger partial charge in [-0.2, -0.15) is 0 Å². The van der Waals surface area contributed by atoms with Crippen LogP contribution in [0.4, 0.5) is 5.82 Å². The fourth-order valence-electron chi connectivity index (χ4n) is 2.02. The summed E-state index contributed by atoms with van der Waals surface area (Å²) >= 11 is 0. The van der Waals surface area contributed by atoms with Crippen molar-refractivity contribution in [3.8, 4) is 0 Å². The molecule has 3 atom stereocenters. The van der Waals surface area contributed by atoms with E-state index in [1.165, 1.54) is 12.7 Å². The second kappa shape index (κ2) is 7.60. The first-order valence-corrected chi connectivity index (χ1v) is 8.21. The number of rotatable bonds is 5. The number of aliphatic hydroxyl groups excluding tert-OH is 1. The van der Waals surface area contributed by atoms with E-state index < -0.39 is 32.4 Å². The molecule has 3 heterocycles. The standard InChI is InChI=1S/C10H14N5O7P.Na.H/c11-8-6-9(13-2-12-8)15(3-14-6)22-10-7(16)5(1-20-10)21-4-23(17,18)19;;/h2-3,5,7,10,16H,1,4H2,(H2,11,12,13)(H2,17,18,19);;/t5-,7+,10?;;/m0../s1. The summed E-state index contributed by atoms with van der Waals surface area (Å²) in [5.74, 6) is 0.174. The molecule has 128 valence electrons. The SMILES string of the molecule is Nc1ncnc2c1ncn2OC1OC[C@H](OCP(=O)(O)O)[C@H]1O.[NaH]. The van der Waals surface area contributed by atoms with Crippen LogP contribution in [-0.2, 0) is 14.0 Å². The van der Waals surface area contributed by atoms with Crippen molar-refractivity contribution in [2.24, 2.45) is 0 Å². The first kappa shape index (κ1) is 19.5. The predicted octanol–water partition coefficient (Wildman–Crippen LogP) is -2.57. The summed E-state index contributed by atoms with van der Waals surface area (Å²) < 4.78 is 22.1. The zero-order valence-electron chi connectivity index (χ0n) is 11.6. The minimum absolute atomic E-state index is 0. The van der Waals surface area contributed by atoms with Gasteiger partial charge in [-0.1, -0.05) is 0 Å². The maximum absolute atomic E-state index is 10.8. The van der Waals surface area contributed by atoms with Crippen molar-refractivity contribution in [3.63, 3.8) is 0 Å². The number of anilines is 1. The molecule has 0 amide bonds. The first-order chi connectivity index (χ1) is 10.8. The summed E-state index contributed by atoms with van der Waals surface area (Å²) in [6.45, 7) is -0.0877. The van der Waals surface area contributed by atoms with E-state index in [9.17, 15) is 9.67 Å². The van der Waals surface area contributed by atoms with Crippen LogP contribution < -0.4 is 10.6 Å². The molecule has 0 aromatic carbocycles. The normalized spacial score (nSPS) is 24.0. The topological polar surface area (TPSA) is 175 Å². The van der Waals surface area contributed by atoms with Crippen molar-refractivity contribution in [2.45, 2.75) is 18.5 Å². The van der Waals surface area contributed by atoms with E-state index >= 15 is 0 Å². The van der Waals surface area contributed by atoms with Gasteiger partial charge in [-0.25, -0.2) is 15.0 Å². The summed E-state index contributed by atoms with van der Waals surface area (Å²) in [6, 6.07) is 0. The number of nitrogens with two attached hydrogens (primary N) is 1. The maximum atomic E-state index is 10.8. The quantitative estimate of drug-likeness (QED) is 0.321. The van der Waals surface area contributed by atoms with Crippen LogP contribution in [0.5, 0.6) is 0 Å². The molecule has 1 aliphatic rings.